The fourth-order valence-electron chi connectivity index (χ4n) is 5.45. The third-order valence-electron chi connectivity index (χ3n) is 9.62. The molecule has 0 radical (unpaired) electrons. The van der Waals surface area contributed by atoms with E-state index in [0.717, 1.165) is 11.0 Å². The number of hydrogen-bond acceptors (Lipinski definition) is 2. The van der Waals surface area contributed by atoms with E-state index in [0.29, 0.717) is 0 Å². The predicted octanol–water partition coefficient (Wildman–Crippen LogP) is 11.3. The molecule has 2 aromatic heterocycles. The molecule has 0 aliphatic carbocycles. The molecule has 3 heteroatoms. The van der Waals surface area contributed by atoms with Gasteiger partial charge in [0.25, 0.3) is 0 Å². The minimum atomic E-state index is 0. The van der Waals surface area contributed by atoms with Crippen molar-refractivity contribution in [2.45, 2.75) is 90.0 Å². The molecule has 6 rings (SSSR count). The molecule has 0 atom stereocenters. The summed E-state index contributed by atoms with van der Waals surface area (Å²) in [6, 6.07) is 18.6. The molecule has 0 fully saturated rings. The Bertz CT molecular complexity index is 1560. The number of aromatic nitrogens is 2. The topological polar surface area (TPSA) is 25.8 Å². The van der Waals surface area contributed by atoms with E-state index in [1.54, 1.807) is 0 Å². The van der Waals surface area contributed by atoms with Gasteiger partial charge >= 0.3 is 46.9 Å². The van der Waals surface area contributed by atoms with Crippen LogP contribution in [0.25, 0.3) is 21.8 Å². The Balaban J connectivity index is 0.000000213. The third-order valence-corrected chi connectivity index (χ3v) is 9.62. The Hall–Kier alpha value is -2.52. The molecule has 6 aromatic rings. The molecule has 4 aromatic carbocycles. The summed E-state index contributed by atoms with van der Waals surface area (Å²) in [6.07, 6.45) is 3.70. The van der Waals surface area contributed by atoms with Crippen LogP contribution < -0.4 is 0 Å². The molecule has 238 valence electrons. The van der Waals surface area contributed by atoms with Gasteiger partial charge in [0.15, 0.2) is 0 Å². The molecule has 0 bridgehead atoms. The molecular formula is C41H50N2Yb. The first-order valence-electron chi connectivity index (χ1n) is 15.3. The second kappa shape index (κ2) is 16.7. The van der Waals surface area contributed by atoms with E-state index in [9.17, 15) is 0 Å². The molecule has 44 heavy (non-hydrogen) atoms. The average Bonchev–Trinajstić information content (AvgIpc) is 3.28. The summed E-state index contributed by atoms with van der Waals surface area (Å²) in [5, 5.41) is 2.38. The summed E-state index contributed by atoms with van der Waals surface area (Å²) < 4.78 is 0. The zero-order valence-electron chi connectivity index (χ0n) is 29.0. The van der Waals surface area contributed by atoms with Crippen LogP contribution in [0.15, 0.2) is 67.0 Å². The van der Waals surface area contributed by atoms with Gasteiger partial charge in [0.2, 0.25) is 0 Å². The van der Waals surface area contributed by atoms with E-state index in [1.807, 2.05) is 42.7 Å². The van der Waals surface area contributed by atoms with Crippen LogP contribution >= 0.6 is 0 Å². The second-order valence-corrected chi connectivity index (χ2v) is 12.0. The summed E-state index contributed by atoms with van der Waals surface area (Å²) in [7, 11) is 0. The number of aryl methyl sites for hydroxylation is 3. The van der Waals surface area contributed by atoms with Crippen LogP contribution in [0.4, 0.5) is 0 Å². The van der Waals surface area contributed by atoms with Gasteiger partial charge in [0, 0.05) is 23.2 Å². The Labute approximate surface area is 305 Å². The summed E-state index contributed by atoms with van der Waals surface area (Å²) in [6.45, 7) is 28.3. The normalized spacial score (nSPS) is 10.2. The van der Waals surface area contributed by atoms with Crippen LogP contribution in [0.1, 0.15) is 72.3 Å². The minimum Gasteiger partial charge on any atom is -0.254 e. The van der Waals surface area contributed by atoms with Gasteiger partial charge in [-0.2, -0.15) is 55.6 Å². The molecule has 2 nitrogen and oxygen atoms in total. The number of fused-ring (bicyclic) bond motifs is 3. The quantitative estimate of drug-likeness (QED) is 0.114. The number of pyridine rings is 2. The van der Waals surface area contributed by atoms with Crippen molar-refractivity contribution in [1.82, 2.24) is 9.97 Å². The smallest absolute Gasteiger partial charge is 0.254 e. The van der Waals surface area contributed by atoms with E-state index in [1.165, 1.54) is 83.1 Å². The molecule has 0 saturated heterocycles. The largest absolute Gasteiger partial charge is 2.00 e. The van der Waals surface area contributed by atoms with Crippen LogP contribution in [-0.2, 0) is 0 Å². The SMILES string of the molecule is Cc1c(C)c(C)[c-](C)c1C.Cc1c(C)c(C)[c-](C)c1C.Cc1ccccc1.Cc1ccnc2c1ccc1c(C)ccnc12.[Yb+2]. The van der Waals surface area contributed by atoms with Crippen LogP contribution in [0, 0.1) is 137 Å². The first-order valence-corrected chi connectivity index (χ1v) is 15.3. The van der Waals surface area contributed by atoms with E-state index in [4.69, 9.17) is 0 Å². The van der Waals surface area contributed by atoms with Gasteiger partial charge in [-0.3, -0.25) is 9.97 Å². The number of rotatable bonds is 0. The van der Waals surface area contributed by atoms with Gasteiger partial charge in [-0.15, -0.1) is 0 Å². The summed E-state index contributed by atoms with van der Waals surface area (Å²) in [5.41, 5.74) is 20.5. The molecule has 0 N–H and O–H groups in total. The van der Waals surface area contributed by atoms with Gasteiger partial charge in [-0.1, -0.05) is 117 Å². The van der Waals surface area contributed by atoms with E-state index >= 15 is 0 Å². The van der Waals surface area contributed by atoms with E-state index < -0.39 is 0 Å². The van der Waals surface area contributed by atoms with Crippen molar-refractivity contribution in [3.8, 4) is 0 Å². The van der Waals surface area contributed by atoms with Gasteiger partial charge in [0.05, 0.1) is 11.0 Å². The van der Waals surface area contributed by atoms with Crippen molar-refractivity contribution in [2.75, 3.05) is 0 Å². The number of nitrogens with zero attached hydrogens (tertiary/aromatic N) is 2. The van der Waals surface area contributed by atoms with Crippen LogP contribution in [0.2, 0.25) is 0 Å². The van der Waals surface area contributed by atoms with E-state index in [-0.39, 0.29) is 46.9 Å². The van der Waals surface area contributed by atoms with Crippen LogP contribution in [-0.4, -0.2) is 9.97 Å². The van der Waals surface area contributed by atoms with Crippen molar-refractivity contribution in [3.63, 3.8) is 0 Å². The number of hydrogen-bond donors (Lipinski definition) is 0. The fraction of sp³-hybridized carbons (Fsp3) is 0.317. The molecule has 0 saturated carbocycles. The Kier molecular flexibility index (Phi) is 14.3. The molecule has 0 aliphatic rings. The Morgan fingerprint density at radius 1 is 0.432 bits per heavy atom. The van der Waals surface area contributed by atoms with Crippen LogP contribution in [0.3, 0.4) is 0 Å². The van der Waals surface area contributed by atoms with Crippen molar-refractivity contribution in [1.29, 1.82) is 0 Å². The van der Waals surface area contributed by atoms with Gasteiger partial charge in [0.1, 0.15) is 0 Å². The number of benzene rings is 2. The predicted molar refractivity (Wildman–Crippen MR) is 189 cm³/mol. The average molecular weight is 744 g/mol. The summed E-state index contributed by atoms with van der Waals surface area (Å²) in [4.78, 5) is 8.90. The van der Waals surface area contributed by atoms with Gasteiger partial charge in [-0.25, -0.2) is 0 Å². The van der Waals surface area contributed by atoms with Crippen molar-refractivity contribution in [2.24, 2.45) is 0 Å². The maximum Gasteiger partial charge on any atom is 2.00 e. The second-order valence-electron chi connectivity index (χ2n) is 12.0. The maximum atomic E-state index is 4.45. The first-order chi connectivity index (χ1) is 20.3. The molecule has 0 amide bonds. The zero-order valence-corrected chi connectivity index (χ0v) is 30.7. The fourth-order valence-corrected chi connectivity index (χ4v) is 5.45. The standard InChI is InChI=1S/C14H12N2.2C10H15.C7H8.Yb/c1-9-5-7-15-13-11(9)3-4-12-10(2)6-8-16-14(12)13;2*1-6-7(2)9(4)10(5)8(6)3;1-7-5-3-2-4-6-7;/h3-8H,1-2H3;2*1-5H3;2-6H,1H3;/q;2*-1;;+2. The van der Waals surface area contributed by atoms with E-state index in [2.05, 4.69) is 124 Å². The van der Waals surface area contributed by atoms with Crippen molar-refractivity contribution < 1.29 is 46.9 Å². The minimum absolute atomic E-state index is 0. The molecule has 0 aliphatic heterocycles. The molecular weight excluding hydrogens is 694 g/mol. The zero-order chi connectivity index (χ0) is 32.0. The third kappa shape index (κ3) is 8.59. The van der Waals surface area contributed by atoms with Gasteiger partial charge in [-0.05, 0) is 44.0 Å². The molecule has 0 unspecified atom stereocenters. The summed E-state index contributed by atoms with van der Waals surface area (Å²) in [5.74, 6) is 0. The van der Waals surface area contributed by atoms with Gasteiger partial charge < -0.3 is 0 Å². The summed E-state index contributed by atoms with van der Waals surface area (Å²) >= 11 is 0. The maximum absolute atomic E-state index is 4.45. The molecule has 2 heterocycles. The first kappa shape index (κ1) is 37.7. The van der Waals surface area contributed by atoms with Crippen molar-refractivity contribution in [3.05, 3.63) is 139 Å². The Morgan fingerprint density at radius 3 is 0.977 bits per heavy atom. The van der Waals surface area contributed by atoms with Crippen LogP contribution in [0.5, 0.6) is 0 Å². The molecule has 0 spiro atoms. The monoisotopic (exact) mass is 744 g/mol. The van der Waals surface area contributed by atoms with Crippen molar-refractivity contribution >= 4 is 21.8 Å². The Morgan fingerprint density at radius 2 is 0.750 bits per heavy atom.